The Balaban J connectivity index is 2.30. The van der Waals surface area contributed by atoms with E-state index in [-0.39, 0.29) is 9.79 Å². The molecule has 6 nitrogen and oxygen atoms in total. The van der Waals surface area contributed by atoms with Gasteiger partial charge < -0.3 is 0 Å². The first kappa shape index (κ1) is 17.5. The Kier molecular flexibility index (Phi) is 4.85. The van der Waals surface area contributed by atoms with Crippen LogP contribution in [0.1, 0.15) is 18.5 Å². The fraction of sp³-hybridized carbons (Fsp3) is 0.143. The van der Waals surface area contributed by atoms with Gasteiger partial charge in [-0.3, -0.25) is 0 Å². The van der Waals surface area contributed by atoms with Gasteiger partial charge in [0.1, 0.15) is 5.82 Å². The summed E-state index contributed by atoms with van der Waals surface area (Å²) >= 11 is 0. The summed E-state index contributed by atoms with van der Waals surface area (Å²) in [6.07, 6.45) is 0. The smallest absolute Gasteiger partial charge is 0.225 e. The third kappa shape index (κ3) is 4.35. The van der Waals surface area contributed by atoms with E-state index in [2.05, 4.69) is 4.72 Å². The highest BCUT2D eigenvalue weighted by atomic mass is 32.2. The summed E-state index contributed by atoms with van der Waals surface area (Å²) in [7, 11) is -7.97. The molecule has 1 atom stereocenters. The second kappa shape index (κ2) is 6.36. The zero-order valence-corrected chi connectivity index (χ0v) is 13.7. The molecule has 0 heterocycles. The molecule has 2 aromatic rings. The Hall–Kier alpha value is -1.81. The molecule has 9 heteroatoms. The predicted octanol–water partition coefficient (Wildman–Crippen LogP) is 1.51. The number of hydrogen-bond acceptors (Lipinski definition) is 4. The van der Waals surface area contributed by atoms with Crippen LogP contribution in [0.5, 0.6) is 0 Å². The fourth-order valence-corrected chi connectivity index (χ4v) is 3.85. The van der Waals surface area contributed by atoms with Crippen molar-refractivity contribution in [3.8, 4) is 0 Å². The number of nitrogens with one attached hydrogen (secondary N) is 1. The minimum Gasteiger partial charge on any atom is -0.225 e. The normalized spacial score (nSPS) is 13.7. The molecular formula is C14H15FN2O4S2. The van der Waals surface area contributed by atoms with E-state index in [4.69, 9.17) is 5.14 Å². The molecule has 0 amide bonds. The van der Waals surface area contributed by atoms with Crippen LogP contribution < -0.4 is 9.86 Å². The van der Waals surface area contributed by atoms with Gasteiger partial charge >= 0.3 is 0 Å². The molecule has 0 saturated heterocycles. The lowest BCUT2D eigenvalue weighted by atomic mass is 10.1. The highest BCUT2D eigenvalue weighted by molar-refractivity contribution is 7.90. The third-order valence-electron chi connectivity index (χ3n) is 3.15. The predicted molar refractivity (Wildman–Crippen MR) is 83.0 cm³/mol. The molecule has 0 saturated carbocycles. The van der Waals surface area contributed by atoms with Crippen LogP contribution in [0.25, 0.3) is 0 Å². The molecule has 0 aliphatic heterocycles. The molecule has 0 aromatic heterocycles. The van der Waals surface area contributed by atoms with Crippen LogP contribution in [-0.2, 0) is 20.0 Å². The average molecular weight is 358 g/mol. The minimum atomic E-state index is -4.00. The van der Waals surface area contributed by atoms with Crippen LogP contribution in [0.3, 0.4) is 0 Å². The Morgan fingerprint density at radius 3 is 2.13 bits per heavy atom. The van der Waals surface area contributed by atoms with Gasteiger partial charge in [0.15, 0.2) is 0 Å². The summed E-state index contributed by atoms with van der Waals surface area (Å²) in [5, 5.41) is 5.00. The van der Waals surface area contributed by atoms with E-state index in [0.717, 1.165) is 6.07 Å². The van der Waals surface area contributed by atoms with E-state index in [1.165, 1.54) is 42.5 Å². The van der Waals surface area contributed by atoms with Crippen LogP contribution in [0, 0.1) is 5.82 Å². The second-order valence-corrected chi connectivity index (χ2v) is 8.19. The van der Waals surface area contributed by atoms with Crippen LogP contribution in [0.15, 0.2) is 58.3 Å². The first-order chi connectivity index (χ1) is 10.6. The molecule has 0 spiro atoms. The second-order valence-electron chi connectivity index (χ2n) is 4.91. The third-order valence-corrected chi connectivity index (χ3v) is 5.60. The maximum atomic E-state index is 12.9. The fourth-order valence-electron chi connectivity index (χ4n) is 1.94. The number of halogens is 1. The lowest BCUT2D eigenvalue weighted by Gasteiger charge is -2.15. The van der Waals surface area contributed by atoms with Gasteiger partial charge in [-0.2, -0.15) is 0 Å². The highest BCUT2D eigenvalue weighted by Gasteiger charge is 2.20. The Labute approximate surface area is 134 Å². The minimum absolute atomic E-state index is 0.224. The average Bonchev–Trinajstić information content (AvgIpc) is 2.46. The van der Waals surface area contributed by atoms with Crippen LogP contribution in [0.2, 0.25) is 0 Å². The van der Waals surface area contributed by atoms with Crippen molar-refractivity contribution < 1.29 is 21.2 Å². The summed E-state index contributed by atoms with van der Waals surface area (Å²) in [6.45, 7) is 1.59. The molecular weight excluding hydrogens is 343 g/mol. The topological polar surface area (TPSA) is 106 Å². The summed E-state index contributed by atoms with van der Waals surface area (Å²) in [5.41, 5.74) is 0.567. The van der Waals surface area contributed by atoms with E-state index in [9.17, 15) is 21.2 Å². The Morgan fingerprint density at radius 1 is 1.00 bits per heavy atom. The van der Waals surface area contributed by atoms with Crippen LogP contribution in [-0.4, -0.2) is 16.8 Å². The van der Waals surface area contributed by atoms with Gasteiger partial charge in [0, 0.05) is 6.04 Å². The zero-order valence-electron chi connectivity index (χ0n) is 12.1. The number of primary sulfonamides is 1. The SMILES string of the molecule is C[C@H](NS(=O)(=O)c1cccc(S(N)(=O)=O)c1)c1ccc(F)cc1. The van der Waals surface area contributed by atoms with Gasteiger partial charge in [0.2, 0.25) is 20.0 Å². The summed E-state index contributed by atoms with van der Waals surface area (Å²) < 4.78 is 62.6. The van der Waals surface area contributed by atoms with E-state index >= 15 is 0 Å². The van der Waals surface area contributed by atoms with Crippen LogP contribution >= 0.6 is 0 Å². The van der Waals surface area contributed by atoms with Crippen molar-refractivity contribution in [2.24, 2.45) is 5.14 Å². The lowest BCUT2D eigenvalue weighted by molar-refractivity contribution is 0.566. The number of rotatable bonds is 5. The molecule has 23 heavy (non-hydrogen) atoms. The number of benzene rings is 2. The number of hydrogen-bond donors (Lipinski definition) is 2. The van der Waals surface area contributed by atoms with Crippen molar-refractivity contribution in [2.45, 2.75) is 22.8 Å². The molecule has 2 rings (SSSR count). The lowest BCUT2D eigenvalue weighted by Crippen LogP contribution is -2.27. The molecule has 0 radical (unpaired) electrons. The van der Waals surface area contributed by atoms with E-state index in [1.54, 1.807) is 6.92 Å². The van der Waals surface area contributed by atoms with Crippen molar-refractivity contribution in [3.63, 3.8) is 0 Å². The monoisotopic (exact) mass is 358 g/mol. The number of sulfonamides is 2. The van der Waals surface area contributed by atoms with Crippen molar-refractivity contribution in [3.05, 3.63) is 59.9 Å². The molecule has 0 bridgehead atoms. The van der Waals surface area contributed by atoms with E-state index < -0.39 is 31.9 Å². The molecule has 0 fully saturated rings. The van der Waals surface area contributed by atoms with Crippen molar-refractivity contribution >= 4 is 20.0 Å². The zero-order chi connectivity index (χ0) is 17.3. The quantitative estimate of drug-likeness (QED) is 0.845. The highest BCUT2D eigenvalue weighted by Crippen LogP contribution is 2.19. The maximum Gasteiger partial charge on any atom is 0.241 e. The molecule has 124 valence electrons. The Bertz CT molecular complexity index is 910. The van der Waals surface area contributed by atoms with Crippen molar-refractivity contribution in [1.82, 2.24) is 4.72 Å². The first-order valence-corrected chi connectivity index (χ1v) is 9.53. The van der Waals surface area contributed by atoms with E-state index in [1.807, 2.05) is 0 Å². The number of nitrogens with two attached hydrogens (primary N) is 1. The Morgan fingerprint density at radius 2 is 1.57 bits per heavy atom. The maximum absolute atomic E-state index is 12.9. The molecule has 0 aliphatic carbocycles. The van der Waals surface area contributed by atoms with Gasteiger partial charge in [-0.25, -0.2) is 31.1 Å². The molecule has 3 N–H and O–H groups in total. The molecule has 0 unspecified atom stereocenters. The van der Waals surface area contributed by atoms with Gasteiger partial charge in [-0.1, -0.05) is 18.2 Å². The van der Waals surface area contributed by atoms with Gasteiger partial charge in [-0.15, -0.1) is 0 Å². The largest absolute Gasteiger partial charge is 0.241 e. The molecule has 0 aliphatic rings. The van der Waals surface area contributed by atoms with Crippen molar-refractivity contribution in [2.75, 3.05) is 0 Å². The van der Waals surface area contributed by atoms with Crippen LogP contribution in [0.4, 0.5) is 4.39 Å². The van der Waals surface area contributed by atoms with Crippen molar-refractivity contribution in [1.29, 1.82) is 0 Å². The van der Waals surface area contributed by atoms with E-state index in [0.29, 0.717) is 5.56 Å². The summed E-state index contributed by atoms with van der Waals surface area (Å²) in [4.78, 5) is -0.521. The summed E-state index contributed by atoms with van der Waals surface area (Å²) in [5.74, 6) is -0.426. The standard InChI is InChI=1S/C14H15FN2O4S2/c1-10(11-5-7-12(15)8-6-11)17-23(20,21)14-4-2-3-13(9-14)22(16,18)19/h2-10,17H,1H3,(H2,16,18,19)/t10-/m0/s1. The van der Waals surface area contributed by atoms with Gasteiger partial charge in [0.25, 0.3) is 0 Å². The summed E-state index contributed by atoms with van der Waals surface area (Å²) in [6, 6.07) is 9.48. The molecule has 2 aromatic carbocycles. The first-order valence-electron chi connectivity index (χ1n) is 6.50. The van der Waals surface area contributed by atoms with Gasteiger partial charge in [-0.05, 0) is 42.8 Å². The van der Waals surface area contributed by atoms with Gasteiger partial charge in [0.05, 0.1) is 9.79 Å².